The van der Waals surface area contributed by atoms with Crippen LogP contribution >= 0.6 is 11.6 Å². The number of aldehydes is 1. The molecule has 3 heteroatoms. The van der Waals surface area contributed by atoms with Gasteiger partial charge in [0.1, 0.15) is 6.29 Å². The van der Waals surface area contributed by atoms with Crippen LogP contribution in [-0.4, -0.2) is 11.3 Å². The molecule has 1 heterocycles. The number of fused-ring (bicyclic) bond motifs is 1. The molecular weight excluding hydrogens is 210 g/mol. The van der Waals surface area contributed by atoms with Crippen molar-refractivity contribution in [3.05, 3.63) is 41.1 Å². The maximum atomic E-state index is 10.2. The number of carbonyl (C=O) groups is 1. The van der Waals surface area contributed by atoms with Gasteiger partial charge in [0.2, 0.25) is 0 Å². The first kappa shape index (κ1) is 9.99. The van der Waals surface area contributed by atoms with E-state index in [-0.39, 0.29) is 0 Å². The Morgan fingerprint density at radius 2 is 2.27 bits per heavy atom. The average Bonchev–Trinajstić information content (AvgIpc) is 2.65. The second-order valence-corrected chi connectivity index (χ2v) is 3.65. The van der Waals surface area contributed by atoms with Crippen molar-refractivity contribution in [1.29, 1.82) is 0 Å². The summed E-state index contributed by atoms with van der Waals surface area (Å²) in [5, 5.41) is 1.80. The van der Waals surface area contributed by atoms with Gasteiger partial charge in [0.05, 0.1) is 0 Å². The molecule has 76 valence electrons. The average molecular weight is 220 g/mol. The molecule has 1 N–H and O–H groups in total. The summed E-state index contributed by atoms with van der Waals surface area (Å²) in [6.45, 7) is 0. The van der Waals surface area contributed by atoms with Crippen LogP contribution in [0.2, 0.25) is 5.02 Å². The highest BCUT2D eigenvalue weighted by Crippen LogP contribution is 2.24. The number of hydrogen-bond donors (Lipinski definition) is 1. The van der Waals surface area contributed by atoms with Gasteiger partial charge in [-0.15, -0.1) is 0 Å². The Labute approximate surface area is 92.6 Å². The third kappa shape index (κ3) is 2.10. The summed E-state index contributed by atoms with van der Waals surface area (Å²) in [7, 11) is 0. The van der Waals surface area contributed by atoms with Crippen LogP contribution in [0.15, 0.2) is 30.5 Å². The molecule has 0 amide bonds. The number of rotatable bonds is 3. The molecule has 0 saturated heterocycles. The number of aromatic amines is 1. The SMILES string of the molecule is O=CCC=Cc1cc2cc[nH]c2cc1Cl. The Kier molecular flexibility index (Phi) is 2.88. The molecule has 2 rings (SSSR count). The van der Waals surface area contributed by atoms with E-state index in [1.807, 2.05) is 30.5 Å². The van der Waals surface area contributed by atoms with E-state index in [4.69, 9.17) is 11.6 Å². The van der Waals surface area contributed by atoms with Gasteiger partial charge in [0.15, 0.2) is 0 Å². The first-order chi connectivity index (χ1) is 7.31. The number of hydrogen-bond acceptors (Lipinski definition) is 1. The maximum absolute atomic E-state index is 10.2. The topological polar surface area (TPSA) is 32.9 Å². The normalized spacial score (nSPS) is 11.3. The molecule has 1 aromatic carbocycles. The minimum atomic E-state index is 0.418. The molecule has 0 aliphatic carbocycles. The standard InChI is InChI=1S/C12H10ClNO/c13-11-8-12-10(4-5-14-12)7-9(11)3-1-2-6-15/h1,3-8,14H,2H2. The van der Waals surface area contributed by atoms with Crippen molar-refractivity contribution in [1.82, 2.24) is 4.98 Å². The van der Waals surface area contributed by atoms with E-state index in [1.165, 1.54) is 0 Å². The highest BCUT2D eigenvalue weighted by Gasteiger charge is 2.00. The molecular formula is C12H10ClNO. The first-order valence-corrected chi connectivity index (χ1v) is 5.06. The summed E-state index contributed by atoms with van der Waals surface area (Å²) < 4.78 is 0. The predicted octanol–water partition coefficient (Wildman–Crippen LogP) is 3.42. The molecule has 0 aliphatic rings. The van der Waals surface area contributed by atoms with E-state index in [0.29, 0.717) is 11.4 Å². The third-order valence-electron chi connectivity index (χ3n) is 2.20. The smallest absolute Gasteiger partial charge is 0.123 e. The summed E-state index contributed by atoms with van der Waals surface area (Å²) in [6.07, 6.45) is 6.82. The van der Waals surface area contributed by atoms with E-state index < -0.39 is 0 Å². The number of benzene rings is 1. The number of carbonyl (C=O) groups excluding carboxylic acids is 1. The van der Waals surface area contributed by atoms with Crippen LogP contribution < -0.4 is 0 Å². The van der Waals surface area contributed by atoms with Gasteiger partial charge >= 0.3 is 0 Å². The van der Waals surface area contributed by atoms with Crippen LogP contribution in [0.4, 0.5) is 0 Å². The lowest BCUT2D eigenvalue weighted by molar-refractivity contribution is -0.107. The van der Waals surface area contributed by atoms with Crippen molar-refractivity contribution < 1.29 is 4.79 Å². The molecule has 0 radical (unpaired) electrons. The lowest BCUT2D eigenvalue weighted by Gasteiger charge is -1.98. The molecule has 0 bridgehead atoms. The van der Waals surface area contributed by atoms with Crippen molar-refractivity contribution in [3.8, 4) is 0 Å². The Morgan fingerprint density at radius 3 is 3.07 bits per heavy atom. The monoisotopic (exact) mass is 219 g/mol. The number of nitrogens with one attached hydrogen (secondary N) is 1. The minimum absolute atomic E-state index is 0.418. The fourth-order valence-electron chi connectivity index (χ4n) is 1.47. The van der Waals surface area contributed by atoms with Gasteiger partial charge in [-0.1, -0.05) is 23.8 Å². The Hall–Kier alpha value is -1.54. The van der Waals surface area contributed by atoms with Gasteiger partial charge in [-0.2, -0.15) is 0 Å². The Bertz CT molecular complexity index is 513. The van der Waals surface area contributed by atoms with E-state index in [2.05, 4.69) is 4.98 Å². The van der Waals surface area contributed by atoms with Crippen LogP contribution in [0.25, 0.3) is 17.0 Å². The predicted molar refractivity (Wildman–Crippen MR) is 63.0 cm³/mol. The first-order valence-electron chi connectivity index (χ1n) is 4.68. The van der Waals surface area contributed by atoms with Gasteiger partial charge in [-0.25, -0.2) is 0 Å². The fourth-order valence-corrected chi connectivity index (χ4v) is 1.70. The molecule has 0 fully saturated rings. The summed E-state index contributed by atoms with van der Waals surface area (Å²) in [6, 6.07) is 5.87. The molecule has 1 aromatic heterocycles. The molecule has 2 nitrogen and oxygen atoms in total. The van der Waals surface area contributed by atoms with Gasteiger partial charge in [-0.3, -0.25) is 0 Å². The van der Waals surface area contributed by atoms with Gasteiger partial charge < -0.3 is 9.78 Å². The second-order valence-electron chi connectivity index (χ2n) is 3.24. The Morgan fingerprint density at radius 1 is 1.40 bits per heavy atom. The quantitative estimate of drug-likeness (QED) is 0.789. The van der Waals surface area contributed by atoms with E-state index >= 15 is 0 Å². The lowest BCUT2D eigenvalue weighted by Crippen LogP contribution is -1.77. The number of H-pyrrole nitrogens is 1. The number of halogens is 1. The zero-order valence-electron chi connectivity index (χ0n) is 8.03. The highest BCUT2D eigenvalue weighted by atomic mass is 35.5. The van der Waals surface area contributed by atoms with Crippen LogP contribution in [0.1, 0.15) is 12.0 Å². The van der Waals surface area contributed by atoms with Crippen molar-refractivity contribution in [2.45, 2.75) is 6.42 Å². The molecule has 0 spiro atoms. The molecule has 15 heavy (non-hydrogen) atoms. The molecule has 0 atom stereocenters. The molecule has 0 aliphatic heterocycles. The minimum Gasteiger partial charge on any atom is -0.361 e. The summed E-state index contributed by atoms with van der Waals surface area (Å²) in [5.74, 6) is 0. The molecule has 0 saturated carbocycles. The fraction of sp³-hybridized carbons (Fsp3) is 0.0833. The van der Waals surface area contributed by atoms with Gasteiger partial charge in [0, 0.05) is 28.5 Å². The lowest BCUT2D eigenvalue weighted by atomic mass is 10.1. The Balaban J connectivity index is 2.41. The third-order valence-corrected chi connectivity index (χ3v) is 2.53. The number of aromatic nitrogens is 1. The maximum Gasteiger partial charge on any atom is 0.123 e. The van der Waals surface area contributed by atoms with Crippen molar-refractivity contribution in [2.24, 2.45) is 0 Å². The number of allylic oxidation sites excluding steroid dienone is 1. The van der Waals surface area contributed by atoms with Crippen molar-refractivity contribution in [3.63, 3.8) is 0 Å². The van der Waals surface area contributed by atoms with E-state index in [0.717, 1.165) is 22.8 Å². The van der Waals surface area contributed by atoms with Crippen molar-refractivity contribution in [2.75, 3.05) is 0 Å². The molecule has 0 unspecified atom stereocenters. The summed E-state index contributed by atoms with van der Waals surface area (Å²) >= 11 is 6.08. The summed E-state index contributed by atoms with van der Waals surface area (Å²) in [5.41, 5.74) is 1.96. The zero-order valence-corrected chi connectivity index (χ0v) is 8.79. The van der Waals surface area contributed by atoms with Crippen LogP contribution in [0.5, 0.6) is 0 Å². The highest BCUT2D eigenvalue weighted by molar-refractivity contribution is 6.32. The van der Waals surface area contributed by atoms with E-state index in [1.54, 1.807) is 6.08 Å². The van der Waals surface area contributed by atoms with Crippen LogP contribution in [0, 0.1) is 0 Å². The van der Waals surface area contributed by atoms with Crippen LogP contribution in [0.3, 0.4) is 0 Å². The summed E-state index contributed by atoms with van der Waals surface area (Å²) in [4.78, 5) is 13.3. The van der Waals surface area contributed by atoms with E-state index in [9.17, 15) is 4.79 Å². The van der Waals surface area contributed by atoms with Gasteiger partial charge in [-0.05, 0) is 23.8 Å². The second kappa shape index (κ2) is 4.32. The van der Waals surface area contributed by atoms with Gasteiger partial charge in [0.25, 0.3) is 0 Å². The molecule has 2 aromatic rings. The largest absolute Gasteiger partial charge is 0.361 e. The van der Waals surface area contributed by atoms with Crippen LogP contribution in [-0.2, 0) is 4.79 Å². The zero-order chi connectivity index (χ0) is 10.7. The van der Waals surface area contributed by atoms with Crippen molar-refractivity contribution >= 4 is 34.9 Å².